The van der Waals surface area contributed by atoms with Crippen molar-refractivity contribution in [3.8, 4) is 23.1 Å². The molecule has 0 aliphatic carbocycles. The van der Waals surface area contributed by atoms with E-state index in [9.17, 15) is 35.6 Å². The lowest BCUT2D eigenvalue weighted by atomic mass is 10.1. The first kappa shape index (κ1) is 25.2. The molecule has 4 aromatic rings. The van der Waals surface area contributed by atoms with E-state index >= 15 is 0 Å². The fourth-order valence-corrected chi connectivity index (χ4v) is 5.08. The molecule has 0 fully saturated rings. The highest BCUT2D eigenvalue weighted by molar-refractivity contribution is 7.89. The molecule has 0 aliphatic heterocycles. The zero-order valence-corrected chi connectivity index (χ0v) is 19.4. The molecule has 1 N–H and O–H groups in total. The highest BCUT2D eigenvalue weighted by Gasteiger charge is 2.40. The average Bonchev–Trinajstić information content (AvgIpc) is 3.11. The van der Waals surface area contributed by atoms with Gasteiger partial charge in [-0.2, -0.15) is 23.2 Å². The number of nitriles is 1. The summed E-state index contributed by atoms with van der Waals surface area (Å²) in [6.45, 7) is 2.07. The molecule has 7 nitrogen and oxygen atoms in total. The minimum absolute atomic E-state index is 0.0254. The second-order valence-electron chi connectivity index (χ2n) is 7.85. The largest absolute Gasteiger partial charge is 0.404 e. The molecular weight excluding hydrogens is 505 g/mol. The predicted octanol–water partition coefficient (Wildman–Crippen LogP) is 4.77. The Kier molecular flexibility index (Phi) is 6.27. The van der Waals surface area contributed by atoms with Crippen molar-refractivity contribution in [2.75, 3.05) is 0 Å². The van der Waals surface area contributed by atoms with Crippen molar-refractivity contribution in [3.63, 3.8) is 0 Å². The molecule has 186 valence electrons. The van der Waals surface area contributed by atoms with Crippen LogP contribution in [0.1, 0.15) is 18.1 Å². The highest BCUT2D eigenvalue weighted by atomic mass is 32.2. The Labute approximate surface area is 201 Å². The molecule has 0 radical (unpaired) electrons. The molecule has 0 bridgehead atoms. The van der Waals surface area contributed by atoms with Crippen LogP contribution < -0.4 is 4.72 Å². The molecule has 0 spiro atoms. The van der Waals surface area contributed by atoms with Crippen LogP contribution in [-0.4, -0.2) is 35.2 Å². The first-order valence-electron chi connectivity index (χ1n) is 10.3. The van der Waals surface area contributed by atoms with Gasteiger partial charge in [0.1, 0.15) is 28.5 Å². The number of nitrogens with one attached hydrogen (secondary N) is 1. The van der Waals surface area contributed by atoms with Crippen LogP contribution in [0.15, 0.2) is 53.8 Å². The molecule has 0 saturated heterocycles. The van der Waals surface area contributed by atoms with Crippen molar-refractivity contribution < 1.29 is 30.4 Å². The van der Waals surface area contributed by atoms with Crippen molar-refractivity contribution in [1.82, 2.24) is 19.3 Å². The number of aryl methyl sites for hydroxylation is 1. The molecule has 13 heteroatoms. The van der Waals surface area contributed by atoms with Crippen molar-refractivity contribution in [2.45, 2.75) is 31.0 Å². The number of nitrogens with zero attached hydrogens (tertiary/aromatic N) is 4. The first-order chi connectivity index (χ1) is 16.9. The summed E-state index contributed by atoms with van der Waals surface area (Å²) in [6, 6.07) is 5.27. The van der Waals surface area contributed by atoms with E-state index < -0.39 is 44.5 Å². The number of halogens is 5. The topological polar surface area (TPSA) is 101 Å². The number of aromatic nitrogens is 3. The Morgan fingerprint density at radius 3 is 2.50 bits per heavy atom. The maximum atomic E-state index is 14.9. The molecule has 3 heterocycles. The van der Waals surface area contributed by atoms with Crippen LogP contribution in [0.5, 0.6) is 0 Å². The van der Waals surface area contributed by atoms with Crippen LogP contribution in [0.4, 0.5) is 22.0 Å². The smallest absolute Gasteiger partial charge is 0.303 e. The summed E-state index contributed by atoms with van der Waals surface area (Å²) < 4.78 is 97.5. The van der Waals surface area contributed by atoms with Crippen molar-refractivity contribution in [3.05, 3.63) is 71.7 Å². The van der Waals surface area contributed by atoms with Gasteiger partial charge in [0.05, 0.1) is 28.7 Å². The fraction of sp³-hybridized carbons (Fsp3) is 0.174. The summed E-state index contributed by atoms with van der Waals surface area (Å²) >= 11 is 0. The number of hydrogen-bond donors (Lipinski definition) is 1. The van der Waals surface area contributed by atoms with Crippen molar-refractivity contribution in [1.29, 1.82) is 5.26 Å². The Morgan fingerprint density at radius 1 is 1.14 bits per heavy atom. The van der Waals surface area contributed by atoms with Crippen LogP contribution in [0.25, 0.3) is 28.0 Å². The van der Waals surface area contributed by atoms with Crippen LogP contribution in [-0.2, 0) is 10.0 Å². The summed E-state index contributed by atoms with van der Waals surface area (Å²) in [5.74, 6) is -1.53. The molecule has 0 unspecified atom stereocenters. The monoisotopic (exact) mass is 521 g/mol. The van der Waals surface area contributed by atoms with Crippen LogP contribution >= 0.6 is 0 Å². The minimum atomic E-state index is -4.88. The van der Waals surface area contributed by atoms with E-state index in [-0.39, 0.29) is 33.4 Å². The number of fused-ring (bicyclic) bond motifs is 1. The van der Waals surface area contributed by atoms with Gasteiger partial charge in [0, 0.05) is 17.8 Å². The summed E-state index contributed by atoms with van der Waals surface area (Å²) in [4.78, 5) is 7.04. The zero-order chi connectivity index (χ0) is 26.4. The van der Waals surface area contributed by atoms with E-state index in [2.05, 4.69) is 9.97 Å². The number of alkyl halides is 3. The summed E-state index contributed by atoms with van der Waals surface area (Å²) in [7, 11) is -4.84. The Morgan fingerprint density at radius 2 is 1.86 bits per heavy atom. The summed E-state index contributed by atoms with van der Waals surface area (Å²) in [5, 5.41) is 10.0. The molecular formula is C23H16F5N5O2S. The van der Waals surface area contributed by atoms with Gasteiger partial charge in [0.2, 0.25) is 10.0 Å². The van der Waals surface area contributed by atoms with E-state index in [0.717, 1.165) is 18.3 Å². The lowest BCUT2D eigenvalue weighted by Gasteiger charge is -2.19. The number of sulfonamides is 1. The van der Waals surface area contributed by atoms with Gasteiger partial charge in [0.25, 0.3) is 0 Å². The Bertz CT molecular complexity index is 1640. The van der Waals surface area contributed by atoms with E-state index in [1.165, 1.54) is 42.1 Å². The average molecular weight is 521 g/mol. The van der Waals surface area contributed by atoms with Crippen LogP contribution in [0.3, 0.4) is 0 Å². The SMILES string of the molecule is Cc1cc2c(cc1F)c(C#N)c(-c1ncccc1S(=O)(=O)N[C@@H](C)C(F)(F)F)n2-c1ccncc1F. The van der Waals surface area contributed by atoms with Gasteiger partial charge < -0.3 is 4.57 Å². The predicted molar refractivity (Wildman–Crippen MR) is 120 cm³/mol. The molecule has 4 rings (SSSR count). The van der Waals surface area contributed by atoms with Gasteiger partial charge in [-0.1, -0.05) is 0 Å². The highest BCUT2D eigenvalue weighted by Crippen LogP contribution is 2.39. The third-order valence-electron chi connectivity index (χ3n) is 5.46. The van der Waals surface area contributed by atoms with E-state index in [0.29, 0.717) is 6.92 Å². The maximum Gasteiger partial charge on any atom is 0.404 e. The van der Waals surface area contributed by atoms with Crippen molar-refractivity contribution in [2.24, 2.45) is 0 Å². The minimum Gasteiger partial charge on any atom is -0.303 e. The summed E-state index contributed by atoms with van der Waals surface area (Å²) in [5.41, 5.74) is -0.788. The Balaban J connectivity index is 2.12. The molecule has 3 aromatic heterocycles. The van der Waals surface area contributed by atoms with Gasteiger partial charge in [-0.25, -0.2) is 17.2 Å². The van der Waals surface area contributed by atoms with E-state index in [1.54, 1.807) is 4.72 Å². The van der Waals surface area contributed by atoms with Gasteiger partial charge in [-0.05, 0) is 49.7 Å². The number of hydrogen-bond acceptors (Lipinski definition) is 5. The standard InChI is InChI=1S/C23H16F5N5O2S/c1-12-8-19-14(9-16(12)24)15(10-29)22(33(19)18-5-7-30-11-17(18)25)21-20(4-3-6-31-21)36(34,35)32-13(2)23(26,27)28/h3-9,11,13,32H,1-2H3/t13-/m0/s1. The third kappa shape index (κ3) is 4.29. The van der Waals surface area contributed by atoms with E-state index in [4.69, 9.17) is 0 Å². The van der Waals surface area contributed by atoms with Gasteiger partial charge in [-0.15, -0.1) is 0 Å². The zero-order valence-electron chi connectivity index (χ0n) is 18.6. The second kappa shape index (κ2) is 8.96. The van der Waals surface area contributed by atoms with Gasteiger partial charge in [0.15, 0.2) is 5.82 Å². The quantitative estimate of drug-likeness (QED) is 0.381. The number of benzene rings is 1. The second-order valence-corrected chi connectivity index (χ2v) is 9.53. The molecule has 0 aliphatic rings. The molecule has 36 heavy (non-hydrogen) atoms. The van der Waals surface area contributed by atoms with Crippen molar-refractivity contribution >= 4 is 20.9 Å². The fourth-order valence-electron chi connectivity index (χ4n) is 3.70. The van der Waals surface area contributed by atoms with Gasteiger partial charge >= 0.3 is 6.18 Å². The maximum absolute atomic E-state index is 14.9. The summed E-state index contributed by atoms with van der Waals surface area (Å²) in [6.07, 6.45) is -1.58. The first-order valence-corrected chi connectivity index (χ1v) is 11.7. The number of rotatable bonds is 5. The molecule has 0 amide bonds. The normalized spacial score (nSPS) is 13.1. The van der Waals surface area contributed by atoms with Crippen LogP contribution in [0, 0.1) is 29.9 Å². The van der Waals surface area contributed by atoms with E-state index in [1.807, 2.05) is 6.07 Å². The third-order valence-corrected chi connectivity index (χ3v) is 7.03. The van der Waals surface area contributed by atoms with Gasteiger partial charge in [-0.3, -0.25) is 9.97 Å². The molecule has 1 aromatic carbocycles. The number of pyridine rings is 2. The Hall–Kier alpha value is -3.89. The molecule has 0 saturated carbocycles. The lowest BCUT2D eigenvalue weighted by molar-refractivity contribution is -0.147. The van der Waals surface area contributed by atoms with Crippen LogP contribution in [0.2, 0.25) is 0 Å². The lowest BCUT2D eigenvalue weighted by Crippen LogP contribution is -2.43. The molecule has 1 atom stereocenters.